The van der Waals surface area contributed by atoms with Crippen molar-refractivity contribution >= 4 is 35.6 Å². The van der Waals surface area contributed by atoms with E-state index in [1.54, 1.807) is 0 Å². The zero-order valence-electron chi connectivity index (χ0n) is 15.7. The maximum absolute atomic E-state index is 12.8. The number of hydrogen-bond acceptors (Lipinski definition) is 4. The minimum Gasteiger partial charge on any atom is -0.347 e. The number of rotatable bonds is 4. The summed E-state index contributed by atoms with van der Waals surface area (Å²) in [6, 6.07) is 11.3. The number of carbonyl (C=O) groups is 2. The van der Waals surface area contributed by atoms with Crippen LogP contribution in [0.4, 0.5) is 0 Å². The Morgan fingerprint density at radius 2 is 1.75 bits per heavy atom. The van der Waals surface area contributed by atoms with Crippen LogP contribution >= 0.6 is 23.7 Å². The van der Waals surface area contributed by atoms with Crippen molar-refractivity contribution in [3.63, 3.8) is 0 Å². The van der Waals surface area contributed by atoms with Gasteiger partial charge >= 0.3 is 0 Å². The Labute approximate surface area is 175 Å². The second-order valence-electron chi connectivity index (χ2n) is 7.40. The van der Waals surface area contributed by atoms with Crippen molar-refractivity contribution < 1.29 is 9.59 Å². The number of hydrogen-bond donors (Lipinski definition) is 2. The quantitative estimate of drug-likeness (QED) is 0.800. The molecule has 0 bridgehead atoms. The molecule has 7 heteroatoms. The van der Waals surface area contributed by atoms with Crippen LogP contribution in [0.2, 0.25) is 0 Å². The van der Waals surface area contributed by atoms with Crippen molar-refractivity contribution in [2.24, 2.45) is 11.8 Å². The number of fused-ring (bicyclic) bond motifs is 1. The van der Waals surface area contributed by atoms with E-state index in [2.05, 4.69) is 10.6 Å². The van der Waals surface area contributed by atoms with Gasteiger partial charge in [-0.15, -0.1) is 23.7 Å². The van der Waals surface area contributed by atoms with E-state index in [1.165, 1.54) is 11.3 Å². The topological polar surface area (TPSA) is 61.4 Å². The highest BCUT2D eigenvalue weighted by molar-refractivity contribution is 7.12. The first kappa shape index (κ1) is 20.8. The molecular formula is C21H26ClN3O2S. The summed E-state index contributed by atoms with van der Waals surface area (Å²) in [7, 11) is 0. The molecule has 2 aromatic rings. The Hall–Kier alpha value is -1.89. The summed E-state index contributed by atoms with van der Waals surface area (Å²) in [6.45, 7) is 4.35. The monoisotopic (exact) mass is 419 g/mol. The molecule has 2 aliphatic heterocycles. The molecule has 0 aliphatic carbocycles. The Bertz CT molecular complexity index is 780. The van der Waals surface area contributed by atoms with Crippen LogP contribution in [0.15, 0.2) is 41.8 Å². The number of nitrogens with one attached hydrogen (secondary N) is 2. The highest BCUT2D eigenvalue weighted by atomic mass is 35.5. The van der Waals surface area contributed by atoms with E-state index in [0.29, 0.717) is 11.4 Å². The van der Waals surface area contributed by atoms with Gasteiger partial charge < -0.3 is 15.5 Å². The molecule has 3 heterocycles. The lowest BCUT2D eigenvalue weighted by Gasteiger charge is -2.21. The van der Waals surface area contributed by atoms with E-state index in [-0.39, 0.29) is 24.2 Å². The average Bonchev–Trinajstić information content (AvgIpc) is 3.35. The molecule has 4 rings (SSSR count). The number of thiophene rings is 1. The lowest BCUT2D eigenvalue weighted by molar-refractivity contribution is 0.0758. The third-order valence-corrected chi connectivity index (χ3v) is 6.57. The highest BCUT2D eigenvalue weighted by Crippen LogP contribution is 2.27. The largest absolute Gasteiger partial charge is 0.347 e. The van der Waals surface area contributed by atoms with Crippen LogP contribution in [0, 0.1) is 11.8 Å². The lowest BCUT2D eigenvalue weighted by Crippen LogP contribution is -2.32. The zero-order valence-corrected chi connectivity index (χ0v) is 17.4. The van der Waals surface area contributed by atoms with Gasteiger partial charge in [-0.1, -0.05) is 18.2 Å². The first-order valence-corrected chi connectivity index (χ1v) is 10.5. The summed E-state index contributed by atoms with van der Waals surface area (Å²) >= 11 is 1.43. The second kappa shape index (κ2) is 9.54. The van der Waals surface area contributed by atoms with Crippen LogP contribution < -0.4 is 10.6 Å². The van der Waals surface area contributed by atoms with Crippen LogP contribution in [0.1, 0.15) is 38.4 Å². The van der Waals surface area contributed by atoms with E-state index in [1.807, 2.05) is 46.7 Å². The standard InChI is InChI=1S/C21H25N3O2S.ClH/c25-20(19-2-1-11-27-19)23-12-15-3-5-16(6-4-15)21(26)24-9-7-17-13-22-14-18(17)8-10-24;/h1-6,11,17-18,22H,7-10,12-14H2,(H,23,25);1H/t17-,18+;. The van der Waals surface area contributed by atoms with Crippen molar-refractivity contribution in [1.82, 2.24) is 15.5 Å². The van der Waals surface area contributed by atoms with Crippen LogP contribution in [0.5, 0.6) is 0 Å². The number of amides is 2. The molecule has 2 N–H and O–H groups in total. The van der Waals surface area contributed by atoms with Crippen LogP contribution in [-0.4, -0.2) is 42.9 Å². The number of nitrogens with zero attached hydrogens (tertiary/aromatic N) is 1. The van der Waals surface area contributed by atoms with Crippen LogP contribution in [-0.2, 0) is 6.54 Å². The van der Waals surface area contributed by atoms with Crippen LogP contribution in [0.25, 0.3) is 0 Å². The molecular weight excluding hydrogens is 394 g/mol. The van der Waals surface area contributed by atoms with Crippen molar-refractivity contribution in [3.05, 3.63) is 57.8 Å². The number of likely N-dealkylation sites (tertiary alicyclic amines) is 1. The SMILES string of the molecule is Cl.O=C(NCc1ccc(C(=O)N2CC[C@@H]3CNC[C@@H]3CC2)cc1)c1cccs1. The van der Waals surface area contributed by atoms with Gasteiger partial charge in [0.05, 0.1) is 4.88 Å². The zero-order chi connectivity index (χ0) is 18.6. The fourth-order valence-corrected chi connectivity index (χ4v) is 4.69. The molecule has 1 aromatic heterocycles. The fourth-order valence-electron chi connectivity index (χ4n) is 4.05. The Morgan fingerprint density at radius 3 is 2.36 bits per heavy atom. The molecule has 2 saturated heterocycles. The summed E-state index contributed by atoms with van der Waals surface area (Å²) in [6.07, 6.45) is 2.19. The number of carbonyl (C=O) groups excluding carboxylic acids is 2. The van der Waals surface area contributed by atoms with E-state index >= 15 is 0 Å². The Kier molecular flexibility index (Phi) is 7.10. The van der Waals surface area contributed by atoms with Gasteiger partial charge in [0.1, 0.15) is 0 Å². The summed E-state index contributed by atoms with van der Waals surface area (Å²) < 4.78 is 0. The molecule has 0 radical (unpaired) electrons. The fraction of sp³-hybridized carbons (Fsp3) is 0.429. The lowest BCUT2D eigenvalue weighted by atomic mass is 9.92. The van der Waals surface area contributed by atoms with Gasteiger partial charge in [0, 0.05) is 25.2 Å². The molecule has 2 atom stereocenters. The van der Waals surface area contributed by atoms with Gasteiger partial charge in [0.25, 0.3) is 11.8 Å². The normalized spacial score (nSPS) is 21.4. The number of benzene rings is 1. The van der Waals surface area contributed by atoms with Crippen molar-refractivity contribution in [2.45, 2.75) is 19.4 Å². The van der Waals surface area contributed by atoms with Gasteiger partial charge in [0.15, 0.2) is 0 Å². The summed E-state index contributed by atoms with van der Waals surface area (Å²) in [5.41, 5.74) is 1.72. The highest BCUT2D eigenvalue weighted by Gasteiger charge is 2.31. The molecule has 0 saturated carbocycles. The van der Waals surface area contributed by atoms with Gasteiger partial charge in [0.2, 0.25) is 0 Å². The smallest absolute Gasteiger partial charge is 0.261 e. The second-order valence-corrected chi connectivity index (χ2v) is 8.35. The summed E-state index contributed by atoms with van der Waals surface area (Å²) in [4.78, 5) is 27.6. The molecule has 1 aromatic carbocycles. The van der Waals surface area contributed by atoms with Gasteiger partial charge in [-0.2, -0.15) is 0 Å². The molecule has 2 aliphatic rings. The van der Waals surface area contributed by atoms with E-state index < -0.39 is 0 Å². The van der Waals surface area contributed by atoms with Crippen LogP contribution in [0.3, 0.4) is 0 Å². The van der Waals surface area contributed by atoms with E-state index in [4.69, 9.17) is 0 Å². The molecule has 28 heavy (non-hydrogen) atoms. The molecule has 0 unspecified atom stereocenters. The first-order valence-electron chi connectivity index (χ1n) is 9.61. The molecule has 0 spiro atoms. The Morgan fingerprint density at radius 1 is 1.07 bits per heavy atom. The maximum atomic E-state index is 12.8. The average molecular weight is 420 g/mol. The van der Waals surface area contributed by atoms with Crippen molar-refractivity contribution in [1.29, 1.82) is 0 Å². The van der Waals surface area contributed by atoms with Gasteiger partial charge in [-0.25, -0.2) is 0 Å². The van der Waals surface area contributed by atoms with E-state index in [9.17, 15) is 9.59 Å². The molecule has 150 valence electrons. The summed E-state index contributed by atoms with van der Waals surface area (Å²) in [5, 5.41) is 8.28. The third kappa shape index (κ3) is 4.74. The number of halogens is 1. The maximum Gasteiger partial charge on any atom is 0.261 e. The van der Waals surface area contributed by atoms with Crippen molar-refractivity contribution in [2.75, 3.05) is 26.2 Å². The van der Waals surface area contributed by atoms with Gasteiger partial charge in [-0.05, 0) is 66.9 Å². The molecule has 5 nitrogen and oxygen atoms in total. The predicted molar refractivity (Wildman–Crippen MR) is 114 cm³/mol. The predicted octanol–water partition coefficient (Wildman–Crippen LogP) is 3.17. The third-order valence-electron chi connectivity index (χ3n) is 5.71. The first-order chi connectivity index (χ1) is 13.2. The molecule has 2 amide bonds. The van der Waals surface area contributed by atoms with Gasteiger partial charge in [-0.3, -0.25) is 9.59 Å². The van der Waals surface area contributed by atoms with Crippen molar-refractivity contribution in [3.8, 4) is 0 Å². The minimum absolute atomic E-state index is 0. The Balaban J connectivity index is 0.00000225. The molecule has 2 fully saturated rings. The minimum atomic E-state index is -0.0604. The summed E-state index contributed by atoms with van der Waals surface area (Å²) in [5.74, 6) is 1.50. The van der Waals surface area contributed by atoms with E-state index in [0.717, 1.165) is 62.0 Å².